The number of nitrogens with one attached hydrogen (secondary N) is 1. The summed E-state index contributed by atoms with van der Waals surface area (Å²) in [5.41, 5.74) is 2.21. The predicted molar refractivity (Wildman–Crippen MR) is 120 cm³/mol. The van der Waals surface area contributed by atoms with Gasteiger partial charge in [-0.15, -0.1) is 0 Å². The maximum atomic E-state index is 12.7. The van der Waals surface area contributed by atoms with E-state index in [9.17, 15) is 14.7 Å². The van der Waals surface area contributed by atoms with Crippen molar-refractivity contribution in [1.82, 2.24) is 14.1 Å². The number of halogens is 1. The molecule has 3 aromatic rings. The number of Topliss-reactive ketones (excluding diaryl/α,β-unsaturated/α-hetero) is 1. The summed E-state index contributed by atoms with van der Waals surface area (Å²) in [5.74, 6) is -0.0313. The van der Waals surface area contributed by atoms with E-state index < -0.39 is 5.60 Å². The Bertz CT molecular complexity index is 1140. The van der Waals surface area contributed by atoms with E-state index in [0.717, 1.165) is 23.1 Å². The molecule has 30 heavy (non-hydrogen) atoms. The Morgan fingerprint density at radius 3 is 2.67 bits per heavy atom. The van der Waals surface area contributed by atoms with Gasteiger partial charge in [-0.1, -0.05) is 18.5 Å². The lowest BCUT2D eigenvalue weighted by Gasteiger charge is -2.17. The molecule has 0 aliphatic rings. The number of anilines is 2. The Morgan fingerprint density at radius 2 is 2.00 bits per heavy atom. The fourth-order valence-corrected chi connectivity index (χ4v) is 3.44. The normalized spacial score (nSPS) is 11.8. The van der Waals surface area contributed by atoms with Crippen LogP contribution < -0.4 is 11.0 Å². The molecular weight excluding hydrogens is 404 g/mol. The van der Waals surface area contributed by atoms with Gasteiger partial charge in [0.1, 0.15) is 5.69 Å². The number of aromatic nitrogens is 3. The van der Waals surface area contributed by atoms with Crippen LogP contribution in [0.2, 0.25) is 5.02 Å². The highest BCUT2D eigenvalue weighted by Crippen LogP contribution is 2.28. The van der Waals surface area contributed by atoms with Crippen molar-refractivity contribution in [1.29, 1.82) is 0 Å². The van der Waals surface area contributed by atoms with Gasteiger partial charge in [0.15, 0.2) is 5.78 Å². The number of carbonyl (C=O) groups is 1. The van der Waals surface area contributed by atoms with Crippen molar-refractivity contribution in [3.8, 4) is 0 Å². The maximum Gasteiger partial charge on any atom is 0.328 e. The molecule has 0 aliphatic heterocycles. The van der Waals surface area contributed by atoms with Crippen molar-refractivity contribution in [2.75, 3.05) is 5.32 Å². The molecule has 7 nitrogen and oxygen atoms in total. The first-order valence-electron chi connectivity index (χ1n) is 9.98. The van der Waals surface area contributed by atoms with Gasteiger partial charge in [-0.25, -0.2) is 4.79 Å². The number of carbonyl (C=O) groups excluding carboxylic acids is 1. The molecule has 2 aromatic heterocycles. The molecule has 0 spiro atoms. The van der Waals surface area contributed by atoms with Crippen LogP contribution in [0.15, 0.2) is 35.3 Å². The number of fused-ring (bicyclic) bond motifs is 1. The molecule has 0 bridgehead atoms. The minimum absolute atomic E-state index is 0.0313. The molecule has 0 radical (unpaired) electrons. The van der Waals surface area contributed by atoms with Gasteiger partial charge >= 0.3 is 5.69 Å². The summed E-state index contributed by atoms with van der Waals surface area (Å²) in [6, 6.07) is 7.23. The second-order valence-corrected chi connectivity index (χ2v) is 8.51. The van der Waals surface area contributed by atoms with Gasteiger partial charge in [0.25, 0.3) is 0 Å². The molecule has 0 atom stereocenters. The second-order valence-electron chi connectivity index (χ2n) is 8.11. The van der Waals surface area contributed by atoms with Gasteiger partial charge in [0.2, 0.25) is 0 Å². The average Bonchev–Trinajstić information content (AvgIpc) is 2.91. The molecule has 0 unspecified atom stereocenters. The Kier molecular flexibility index (Phi) is 6.33. The van der Waals surface area contributed by atoms with Crippen LogP contribution in [0.3, 0.4) is 0 Å². The minimum Gasteiger partial charge on any atom is -0.390 e. The number of ketones is 1. The van der Waals surface area contributed by atoms with Gasteiger partial charge in [-0.2, -0.15) is 0 Å². The average molecular weight is 431 g/mol. The molecule has 0 fully saturated rings. The van der Waals surface area contributed by atoms with Crippen molar-refractivity contribution in [3.63, 3.8) is 0 Å². The first-order valence-corrected chi connectivity index (χ1v) is 10.4. The number of aliphatic hydroxyl groups is 1. The van der Waals surface area contributed by atoms with Gasteiger partial charge in [0.05, 0.1) is 27.3 Å². The van der Waals surface area contributed by atoms with Crippen molar-refractivity contribution in [3.05, 3.63) is 51.7 Å². The lowest BCUT2D eigenvalue weighted by atomic mass is 10.1. The van der Waals surface area contributed by atoms with Gasteiger partial charge in [0, 0.05) is 31.9 Å². The fraction of sp³-hybridized carbons (Fsp3) is 0.409. The molecule has 1 aromatic carbocycles. The number of nitrogens with zero attached hydrogens (tertiary/aromatic N) is 3. The van der Waals surface area contributed by atoms with E-state index in [1.165, 1.54) is 6.20 Å². The highest BCUT2D eigenvalue weighted by Gasteiger charge is 2.17. The largest absolute Gasteiger partial charge is 0.390 e. The first-order chi connectivity index (χ1) is 14.1. The van der Waals surface area contributed by atoms with Crippen LogP contribution in [0.25, 0.3) is 11.0 Å². The number of hydrogen-bond acceptors (Lipinski definition) is 5. The standard InChI is InChI=1S/C22H27ClN4O3/c1-5-6-20(28)17-12-16(15(23)13-24-17)25-14-7-8-18-19(11-14)27(21(29)26(18)4)10-9-22(2,3)30/h7-8,11-13,30H,5-6,9-10H2,1-4H3,(H,24,25). The smallest absolute Gasteiger partial charge is 0.328 e. The number of benzene rings is 1. The summed E-state index contributed by atoms with van der Waals surface area (Å²) in [7, 11) is 1.73. The first kappa shape index (κ1) is 22.1. The third kappa shape index (κ3) is 4.74. The van der Waals surface area contributed by atoms with E-state index >= 15 is 0 Å². The quantitative estimate of drug-likeness (QED) is 0.521. The number of aryl methyl sites for hydroxylation is 2. The molecule has 2 N–H and O–H groups in total. The zero-order valence-electron chi connectivity index (χ0n) is 17.7. The van der Waals surface area contributed by atoms with Crippen molar-refractivity contribution < 1.29 is 9.90 Å². The van der Waals surface area contributed by atoms with Crippen LogP contribution in [0.1, 0.15) is 50.5 Å². The SMILES string of the molecule is CCCC(=O)c1cc(Nc2ccc3c(c2)n(CCC(C)(C)O)c(=O)n3C)c(Cl)cn1. The van der Waals surface area contributed by atoms with Crippen LogP contribution in [-0.4, -0.2) is 30.6 Å². The lowest BCUT2D eigenvalue weighted by Crippen LogP contribution is -2.27. The van der Waals surface area contributed by atoms with E-state index in [0.29, 0.717) is 35.8 Å². The molecule has 160 valence electrons. The van der Waals surface area contributed by atoms with E-state index in [2.05, 4.69) is 10.3 Å². The monoisotopic (exact) mass is 430 g/mol. The predicted octanol–water partition coefficient (Wildman–Crippen LogP) is 4.28. The van der Waals surface area contributed by atoms with Crippen LogP contribution >= 0.6 is 11.6 Å². The van der Waals surface area contributed by atoms with E-state index in [-0.39, 0.29) is 11.5 Å². The van der Waals surface area contributed by atoms with E-state index in [1.54, 1.807) is 36.1 Å². The summed E-state index contributed by atoms with van der Waals surface area (Å²) in [6.07, 6.45) is 3.09. The number of hydrogen-bond donors (Lipinski definition) is 2. The maximum absolute atomic E-state index is 12.7. The number of imidazole rings is 1. The summed E-state index contributed by atoms with van der Waals surface area (Å²) >= 11 is 6.28. The summed E-state index contributed by atoms with van der Waals surface area (Å²) in [4.78, 5) is 29.0. The molecule has 8 heteroatoms. The molecule has 2 heterocycles. The molecule has 0 saturated carbocycles. The van der Waals surface area contributed by atoms with Crippen LogP contribution in [0.5, 0.6) is 0 Å². The number of pyridine rings is 1. The van der Waals surface area contributed by atoms with E-state index in [4.69, 9.17) is 11.6 Å². The van der Waals surface area contributed by atoms with Crippen molar-refractivity contribution >= 4 is 39.8 Å². The second kappa shape index (κ2) is 8.62. The third-order valence-corrected chi connectivity index (χ3v) is 5.29. The Balaban J connectivity index is 1.97. The zero-order chi connectivity index (χ0) is 22.1. The molecular formula is C22H27ClN4O3. The van der Waals surface area contributed by atoms with Crippen molar-refractivity contribution in [2.24, 2.45) is 7.05 Å². The summed E-state index contributed by atoms with van der Waals surface area (Å²) < 4.78 is 3.24. The third-order valence-electron chi connectivity index (χ3n) is 4.99. The lowest BCUT2D eigenvalue weighted by molar-refractivity contribution is 0.0662. The minimum atomic E-state index is -0.872. The molecule has 0 amide bonds. The summed E-state index contributed by atoms with van der Waals surface area (Å²) in [5, 5.41) is 13.7. The topological polar surface area (TPSA) is 89.2 Å². The van der Waals surface area contributed by atoms with Crippen molar-refractivity contribution in [2.45, 2.75) is 52.2 Å². The number of rotatable bonds is 8. The van der Waals surface area contributed by atoms with Crippen LogP contribution in [0.4, 0.5) is 11.4 Å². The Labute approximate surface area is 180 Å². The highest BCUT2D eigenvalue weighted by molar-refractivity contribution is 6.33. The molecule has 0 aliphatic carbocycles. The van der Waals surface area contributed by atoms with Gasteiger partial charge in [-0.3, -0.25) is 18.9 Å². The molecule has 3 rings (SSSR count). The Hall–Kier alpha value is -2.64. The molecule has 0 saturated heterocycles. The fourth-order valence-electron chi connectivity index (χ4n) is 3.29. The van der Waals surface area contributed by atoms with Gasteiger partial charge in [-0.05, 0) is 51.0 Å². The summed E-state index contributed by atoms with van der Waals surface area (Å²) in [6.45, 7) is 5.78. The van der Waals surface area contributed by atoms with Crippen LogP contribution in [-0.2, 0) is 13.6 Å². The Morgan fingerprint density at radius 1 is 1.27 bits per heavy atom. The van der Waals surface area contributed by atoms with Crippen LogP contribution in [0, 0.1) is 0 Å². The van der Waals surface area contributed by atoms with Gasteiger partial charge < -0.3 is 10.4 Å². The zero-order valence-corrected chi connectivity index (χ0v) is 18.5. The highest BCUT2D eigenvalue weighted by atomic mass is 35.5. The van der Waals surface area contributed by atoms with E-state index in [1.807, 2.05) is 25.1 Å².